The van der Waals surface area contributed by atoms with Crippen LogP contribution in [0.1, 0.15) is 31.9 Å². The fraction of sp³-hybridized carbons (Fsp3) is 0.0725. The zero-order chi connectivity index (χ0) is 49.0. The van der Waals surface area contributed by atoms with Crippen LogP contribution in [0.15, 0.2) is 231 Å². The molecule has 0 aliphatic rings. The molecule has 0 aliphatic heterocycles. The van der Waals surface area contributed by atoms with E-state index in [-0.39, 0.29) is 5.41 Å². The van der Waals surface area contributed by atoms with E-state index in [0.717, 1.165) is 34.1 Å². The van der Waals surface area contributed by atoms with Crippen molar-refractivity contribution >= 4 is 129 Å². The average molecular weight is 971 g/mol. The van der Waals surface area contributed by atoms with Gasteiger partial charge in [0.2, 0.25) is 0 Å². The van der Waals surface area contributed by atoms with Crippen LogP contribution in [-0.2, 0) is 5.41 Å². The molecule has 0 spiro atoms. The summed E-state index contributed by atoms with van der Waals surface area (Å²) >= 11 is 3.77. The van der Waals surface area contributed by atoms with Crippen LogP contribution in [0.25, 0.3) is 94.9 Å². The maximum absolute atomic E-state index is 2.62. The fourth-order valence-corrected chi connectivity index (χ4v) is 13.9. The fourth-order valence-electron chi connectivity index (χ4n) is 11.5. The van der Waals surface area contributed by atoms with Gasteiger partial charge in [0.1, 0.15) is 0 Å². The van der Waals surface area contributed by atoms with Gasteiger partial charge in [0.05, 0.1) is 43.5 Å². The molecule has 0 saturated heterocycles. The van der Waals surface area contributed by atoms with E-state index in [4.69, 9.17) is 0 Å². The number of benzene rings is 12. The first kappa shape index (κ1) is 43.5. The molecular formula is C69H50N2S2. The monoisotopic (exact) mass is 970 g/mol. The van der Waals surface area contributed by atoms with E-state index in [0.29, 0.717) is 0 Å². The van der Waals surface area contributed by atoms with Gasteiger partial charge in [-0.05, 0) is 93.2 Å². The second-order valence-corrected chi connectivity index (χ2v) is 22.6. The van der Waals surface area contributed by atoms with Crippen LogP contribution in [0.5, 0.6) is 0 Å². The molecule has 0 N–H and O–H groups in total. The number of rotatable bonds is 8. The van der Waals surface area contributed by atoms with E-state index in [9.17, 15) is 0 Å². The molecule has 4 heteroatoms. The summed E-state index contributed by atoms with van der Waals surface area (Å²) in [6, 6.07) is 86.5. The Labute approximate surface area is 433 Å². The van der Waals surface area contributed by atoms with E-state index in [1.54, 1.807) is 0 Å². The predicted octanol–water partition coefficient (Wildman–Crippen LogP) is 21.2. The number of nitrogens with zero attached hydrogens (tertiary/aromatic N) is 2. The molecule has 2 heterocycles. The predicted molar refractivity (Wildman–Crippen MR) is 320 cm³/mol. The molecule has 0 fully saturated rings. The highest BCUT2D eigenvalue weighted by Crippen LogP contribution is 2.56. The smallest absolute Gasteiger partial charge is 0.0640 e. The van der Waals surface area contributed by atoms with Gasteiger partial charge in [0.15, 0.2) is 0 Å². The zero-order valence-corrected chi connectivity index (χ0v) is 42.8. The number of anilines is 6. The number of para-hydroxylation sites is 1. The van der Waals surface area contributed by atoms with E-state index in [2.05, 4.69) is 268 Å². The lowest BCUT2D eigenvalue weighted by Crippen LogP contribution is -2.16. The highest BCUT2D eigenvalue weighted by atomic mass is 32.1. The van der Waals surface area contributed by atoms with Crippen molar-refractivity contribution in [3.05, 3.63) is 242 Å². The van der Waals surface area contributed by atoms with Crippen LogP contribution in [0, 0.1) is 6.92 Å². The van der Waals surface area contributed by atoms with Gasteiger partial charge < -0.3 is 9.80 Å². The van der Waals surface area contributed by atoms with E-state index in [1.807, 2.05) is 22.7 Å². The van der Waals surface area contributed by atoms with Crippen molar-refractivity contribution in [1.82, 2.24) is 0 Å². The molecule has 0 radical (unpaired) electrons. The third-order valence-electron chi connectivity index (χ3n) is 15.0. The first-order valence-corrected chi connectivity index (χ1v) is 26.9. The maximum atomic E-state index is 2.62. The normalized spacial score (nSPS) is 12.1. The first-order valence-electron chi connectivity index (χ1n) is 25.2. The van der Waals surface area contributed by atoms with Crippen molar-refractivity contribution in [2.45, 2.75) is 33.1 Å². The van der Waals surface area contributed by atoms with Crippen molar-refractivity contribution < 1.29 is 0 Å². The van der Waals surface area contributed by atoms with Crippen LogP contribution in [0.2, 0.25) is 0 Å². The molecule has 14 aromatic rings. The number of fused-ring (bicyclic) bond motifs is 6. The van der Waals surface area contributed by atoms with Crippen molar-refractivity contribution in [2.24, 2.45) is 0 Å². The molecule has 2 aromatic heterocycles. The third kappa shape index (κ3) is 7.04. The second kappa shape index (κ2) is 16.9. The van der Waals surface area contributed by atoms with Crippen molar-refractivity contribution in [2.75, 3.05) is 9.80 Å². The standard InChI is InChI=1S/C69H50N2S2/c1-43-33-36-50(45-21-9-6-10-22-45)60(39-43)71(59-30-18-27-54-52-25-13-16-32-64(52)73-68(54)59)62-42-61(55-37-34-46-40-48(69(2,3)4)41-47-35-38-56(62)66(55)65(46)47)70(57-28-14-11-23-49(57)44-19-7-5-8-20-44)58-29-17-26-53-51-24-12-15-31-63(51)72-67(53)58/h5-42H,1-4H3. The van der Waals surface area contributed by atoms with Gasteiger partial charge in [-0.15, -0.1) is 22.7 Å². The Bertz CT molecular complexity index is 4420. The van der Waals surface area contributed by atoms with Crippen molar-refractivity contribution in [3.8, 4) is 22.3 Å². The van der Waals surface area contributed by atoms with Gasteiger partial charge >= 0.3 is 0 Å². The molecule has 0 bridgehead atoms. The minimum atomic E-state index is -0.0274. The summed E-state index contributed by atoms with van der Waals surface area (Å²) in [7, 11) is 0. The molecule has 0 unspecified atom stereocenters. The third-order valence-corrected chi connectivity index (χ3v) is 17.4. The minimum Gasteiger partial charge on any atom is -0.308 e. The number of aryl methyl sites for hydroxylation is 1. The van der Waals surface area contributed by atoms with Crippen molar-refractivity contribution in [3.63, 3.8) is 0 Å². The van der Waals surface area contributed by atoms with Crippen LogP contribution < -0.4 is 9.80 Å². The maximum Gasteiger partial charge on any atom is 0.0640 e. The highest BCUT2D eigenvalue weighted by Gasteiger charge is 2.30. The van der Waals surface area contributed by atoms with Gasteiger partial charge in [-0.2, -0.15) is 0 Å². The second-order valence-electron chi connectivity index (χ2n) is 20.5. The van der Waals surface area contributed by atoms with Crippen LogP contribution in [-0.4, -0.2) is 0 Å². The summed E-state index contributed by atoms with van der Waals surface area (Å²) in [6.07, 6.45) is 0. The Kier molecular flexibility index (Phi) is 10.1. The molecule has 2 nitrogen and oxygen atoms in total. The van der Waals surface area contributed by atoms with Crippen LogP contribution in [0.4, 0.5) is 34.1 Å². The lowest BCUT2D eigenvalue weighted by Gasteiger charge is -2.34. The average Bonchev–Trinajstić information content (AvgIpc) is 4.01. The summed E-state index contributed by atoms with van der Waals surface area (Å²) in [4.78, 5) is 5.22. The summed E-state index contributed by atoms with van der Waals surface area (Å²) in [5.74, 6) is 0. The highest BCUT2D eigenvalue weighted by molar-refractivity contribution is 7.26. The number of thiophene rings is 2. The summed E-state index contributed by atoms with van der Waals surface area (Å²) in [6.45, 7) is 9.20. The van der Waals surface area contributed by atoms with E-state index >= 15 is 0 Å². The van der Waals surface area contributed by atoms with Crippen LogP contribution in [0.3, 0.4) is 0 Å². The number of hydrogen-bond acceptors (Lipinski definition) is 4. The molecule has 0 saturated carbocycles. The Morgan fingerprint density at radius 1 is 0.329 bits per heavy atom. The van der Waals surface area contributed by atoms with Gasteiger partial charge in [0.25, 0.3) is 0 Å². The molecule has 73 heavy (non-hydrogen) atoms. The van der Waals surface area contributed by atoms with Gasteiger partial charge in [0, 0.05) is 58.2 Å². The summed E-state index contributed by atoms with van der Waals surface area (Å²) in [5, 5.41) is 12.5. The first-order chi connectivity index (χ1) is 35.8. The van der Waals surface area contributed by atoms with Crippen molar-refractivity contribution in [1.29, 1.82) is 0 Å². The molecular weight excluding hydrogens is 921 g/mol. The zero-order valence-electron chi connectivity index (χ0n) is 41.2. The molecule has 0 aliphatic carbocycles. The van der Waals surface area contributed by atoms with Crippen LogP contribution >= 0.6 is 22.7 Å². The summed E-state index contributed by atoms with van der Waals surface area (Å²) < 4.78 is 5.07. The molecule has 0 amide bonds. The van der Waals surface area contributed by atoms with Gasteiger partial charge in [-0.1, -0.05) is 209 Å². The Balaban J connectivity index is 1.18. The molecule has 348 valence electrons. The Morgan fingerprint density at radius 3 is 1.36 bits per heavy atom. The Morgan fingerprint density at radius 2 is 0.795 bits per heavy atom. The lowest BCUT2D eigenvalue weighted by molar-refractivity contribution is 0.591. The molecule has 14 rings (SSSR count). The quantitative estimate of drug-likeness (QED) is 0.140. The van der Waals surface area contributed by atoms with E-state index < -0.39 is 0 Å². The Hall–Kier alpha value is -8.28. The summed E-state index contributed by atoms with van der Waals surface area (Å²) in [5.41, 5.74) is 14.0. The van der Waals surface area contributed by atoms with Gasteiger partial charge in [-0.25, -0.2) is 0 Å². The SMILES string of the molecule is Cc1ccc(-c2ccccc2)c(N(c2cc(N(c3ccccc3-c3ccccc3)c3cccc4c3sc3ccccc34)c3ccc4cc(C(C)(C)C)cc5ccc2c3c45)c2cccc3c2sc2ccccc23)c1. The lowest BCUT2D eigenvalue weighted by atomic mass is 9.83. The topological polar surface area (TPSA) is 6.48 Å². The van der Waals surface area contributed by atoms with E-state index in [1.165, 1.54) is 106 Å². The molecule has 12 aromatic carbocycles. The number of hydrogen-bond donors (Lipinski definition) is 0. The van der Waals surface area contributed by atoms with Gasteiger partial charge in [-0.3, -0.25) is 0 Å². The largest absolute Gasteiger partial charge is 0.308 e. The minimum absolute atomic E-state index is 0.0274. The molecule has 0 atom stereocenters.